The molecule has 0 atom stereocenters. The van der Waals surface area contributed by atoms with Crippen LogP contribution in [0.5, 0.6) is 0 Å². The van der Waals surface area contributed by atoms with Gasteiger partial charge in [-0.05, 0) is 77.0 Å². The Morgan fingerprint density at radius 1 is 0.722 bits per heavy atom. The highest BCUT2D eigenvalue weighted by Crippen LogP contribution is 2.13. The highest BCUT2D eigenvalue weighted by Gasteiger charge is 2.14. The topological polar surface area (TPSA) is 129 Å². The summed E-state index contributed by atoms with van der Waals surface area (Å²) in [6, 6.07) is 6.58. The van der Waals surface area contributed by atoms with E-state index in [1.807, 2.05) is 20.8 Å². The Kier molecular flexibility index (Phi) is 23.8. The molecule has 0 heterocycles. The van der Waals surface area contributed by atoms with Crippen molar-refractivity contribution in [3.63, 3.8) is 0 Å². The van der Waals surface area contributed by atoms with Crippen molar-refractivity contribution in [2.24, 2.45) is 5.11 Å². The molecule has 1 rings (SSSR count). The van der Waals surface area contributed by atoms with Crippen LogP contribution in [-0.4, -0.2) is 74.4 Å². The third kappa shape index (κ3) is 21.6. The van der Waals surface area contributed by atoms with Gasteiger partial charge in [0.15, 0.2) is 0 Å². The standard InChI is InChI=1S/C16H26O5S.C9H19N3O2/c1-3-19-11-5-4-6-12-20-13-14-21-22(17,18)16-9-7-15(2)8-10-16;1-2-13-7-4-3-5-8-14-9-6-11-12-10/h7-10H,3-6,11-14H2,1-2H3;2-9H2,1H3. The Bertz CT molecular complexity index is 770. The molecule has 0 bridgehead atoms. The molecule has 1 aromatic rings. The summed E-state index contributed by atoms with van der Waals surface area (Å²) in [5, 5.41) is 3.37. The molecule has 0 unspecified atom stereocenters. The second-order valence-corrected chi connectivity index (χ2v) is 9.40. The number of ether oxygens (including phenoxy) is 4. The minimum absolute atomic E-state index is 0.0369. The summed E-state index contributed by atoms with van der Waals surface area (Å²) in [5.74, 6) is 0. The molecular weight excluding hydrogens is 486 g/mol. The fraction of sp³-hybridized carbons (Fsp3) is 0.760. The van der Waals surface area contributed by atoms with Gasteiger partial charge in [-0.2, -0.15) is 8.42 Å². The molecule has 0 radical (unpaired) electrons. The number of rotatable bonds is 22. The van der Waals surface area contributed by atoms with Crippen molar-refractivity contribution in [1.29, 1.82) is 0 Å². The van der Waals surface area contributed by atoms with Crippen molar-refractivity contribution < 1.29 is 31.5 Å². The lowest BCUT2D eigenvalue weighted by molar-refractivity contribution is 0.0953. The number of hydrogen-bond acceptors (Lipinski definition) is 8. The molecule has 0 aliphatic carbocycles. The summed E-state index contributed by atoms with van der Waals surface area (Å²) in [7, 11) is -3.68. The van der Waals surface area contributed by atoms with Crippen molar-refractivity contribution in [3.05, 3.63) is 40.3 Å². The van der Waals surface area contributed by atoms with Crippen LogP contribution in [0.4, 0.5) is 0 Å². The molecule has 0 spiro atoms. The maximum Gasteiger partial charge on any atom is 0.297 e. The van der Waals surface area contributed by atoms with Gasteiger partial charge in [-0.25, -0.2) is 0 Å². The molecule has 0 amide bonds. The molecule has 0 saturated heterocycles. The first-order chi connectivity index (χ1) is 17.5. The smallest absolute Gasteiger partial charge is 0.297 e. The van der Waals surface area contributed by atoms with Crippen molar-refractivity contribution in [1.82, 2.24) is 0 Å². The van der Waals surface area contributed by atoms with Gasteiger partial charge in [-0.15, -0.1) is 0 Å². The van der Waals surface area contributed by atoms with Crippen LogP contribution < -0.4 is 0 Å². The number of aryl methyl sites for hydroxylation is 1. The van der Waals surface area contributed by atoms with Crippen molar-refractivity contribution in [2.45, 2.75) is 64.2 Å². The van der Waals surface area contributed by atoms with E-state index in [1.54, 1.807) is 24.3 Å². The third-order valence-corrected chi connectivity index (χ3v) is 6.06. The maximum atomic E-state index is 11.9. The Morgan fingerprint density at radius 2 is 1.22 bits per heavy atom. The first-order valence-electron chi connectivity index (χ1n) is 12.8. The van der Waals surface area contributed by atoms with Crippen molar-refractivity contribution in [2.75, 3.05) is 66.0 Å². The third-order valence-electron chi connectivity index (χ3n) is 4.74. The van der Waals surface area contributed by atoms with E-state index in [-0.39, 0.29) is 18.1 Å². The SMILES string of the molecule is CCOCCCCCOCCN=[N+]=[N-].CCOCCCCCOCCOS(=O)(=O)c1ccc(C)cc1. The molecule has 0 fully saturated rings. The van der Waals surface area contributed by atoms with Gasteiger partial charge in [-0.3, -0.25) is 4.18 Å². The number of nitrogens with zero attached hydrogens (tertiary/aromatic N) is 3. The van der Waals surface area contributed by atoms with E-state index < -0.39 is 10.1 Å². The summed E-state index contributed by atoms with van der Waals surface area (Å²) >= 11 is 0. The molecule has 0 aliphatic rings. The Hall–Kier alpha value is -1.72. The predicted octanol–water partition coefficient (Wildman–Crippen LogP) is 5.44. The molecule has 0 aliphatic heterocycles. The molecular formula is C25H45N3O7S. The zero-order valence-corrected chi connectivity index (χ0v) is 23.0. The summed E-state index contributed by atoms with van der Waals surface area (Å²) in [5.41, 5.74) is 8.98. The second-order valence-electron chi connectivity index (χ2n) is 7.78. The lowest BCUT2D eigenvalue weighted by Crippen LogP contribution is -2.12. The van der Waals surface area contributed by atoms with Gasteiger partial charge in [0.25, 0.3) is 10.1 Å². The Labute approximate surface area is 217 Å². The zero-order valence-electron chi connectivity index (χ0n) is 22.2. The molecule has 0 aromatic heterocycles. The van der Waals surface area contributed by atoms with Crippen molar-refractivity contribution in [3.8, 4) is 0 Å². The van der Waals surface area contributed by atoms with Crippen LogP contribution in [0.2, 0.25) is 0 Å². The van der Waals surface area contributed by atoms with Crippen LogP contribution in [0.1, 0.15) is 57.9 Å². The number of hydrogen-bond donors (Lipinski definition) is 0. The first-order valence-corrected chi connectivity index (χ1v) is 14.2. The van der Waals surface area contributed by atoms with Crippen LogP contribution in [0.3, 0.4) is 0 Å². The molecule has 208 valence electrons. The minimum atomic E-state index is -3.68. The van der Waals surface area contributed by atoms with Gasteiger partial charge in [0, 0.05) is 51.1 Å². The summed E-state index contributed by atoms with van der Waals surface area (Å²) < 4.78 is 49.7. The van der Waals surface area contributed by atoms with E-state index in [9.17, 15) is 8.42 Å². The van der Waals surface area contributed by atoms with Crippen LogP contribution >= 0.6 is 0 Å². The average molecular weight is 532 g/mol. The fourth-order valence-electron chi connectivity index (χ4n) is 2.79. The summed E-state index contributed by atoms with van der Waals surface area (Å²) in [6.45, 7) is 11.7. The second kappa shape index (κ2) is 25.0. The van der Waals surface area contributed by atoms with E-state index in [0.717, 1.165) is 77.1 Å². The highest BCUT2D eigenvalue weighted by molar-refractivity contribution is 7.86. The molecule has 11 heteroatoms. The van der Waals surface area contributed by atoms with Gasteiger partial charge in [0.2, 0.25) is 0 Å². The molecule has 0 saturated carbocycles. The van der Waals surface area contributed by atoms with Crippen LogP contribution in [0, 0.1) is 6.92 Å². The van der Waals surface area contributed by atoms with Gasteiger partial charge < -0.3 is 18.9 Å². The normalized spacial score (nSPS) is 11.0. The Morgan fingerprint density at radius 3 is 1.72 bits per heavy atom. The largest absolute Gasteiger partial charge is 0.382 e. The average Bonchev–Trinajstić information content (AvgIpc) is 2.87. The predicted molar refractivity (Wildman–Crippen MR) is 141 cm³/mol. The molecule has 10 nitrogen and oxygen atoms in total. The molecule has 0 N–H and O–H groups in total. The van der Waals surface area contributed by atoms with E-state index >= 15 is 0 Å². The zero-order chi connectivity index (χ0) is 26.7. The number of unbranched alkanes of at least 4 members (excludes halogenated alkanes) is 4. The summed E-state index contributed by atoms with van der Waals surface area (Å²) in [6.07, 6.45) is 6.27. The quantitative estimate of drug-likeness (QED) is 0.0640. The monoisotopic (exact) mass is 531 g/mol. The highest BCUT2D eigenvalue weighted by atomic mass is 32.2. The lowest BCUT2D eigenvalue weighted by Gasteiger charge is -2.07. The fourth-order valence-corrected chi connectivity index (χ4v) is 3.68. The Balaban J connectivity index is 0.000000757. The van der Waals surface area contributed by atoms with Gasteiger partial charge in [-0.1, -0.05) is 22.8 Å². The van der Waals surface area contributed by atoms with Gasteiger partial charge in [0.1, 0.15) is 0 Å². The van der Waals surface area contributed by atoms with E-state index in [4.69, 9.17) is 28.7 Å². The number of benzene rings is 1. The van der Waals surface area contributed by atoms with Gasteiger partial charge in [0.05, 0.1) is 24.7 Å². The van der Waals surface area contributed by atoms with Crippen LogP contribution in [0.15, 0.2) is 34.3 Å². The molecule has 1 aromatic carbocycles. The lowest BCUT2D eigenvalue weighted by atomic mass is 10.2. The van der Waals surface area contributed by atoms with Crippen LogP contribution in [0.25, 0.3) is 10.4 Å². The minimum Gasteiger partial charge on any atom is -0.382 e. The maximum absolute atomic E-state index is 11.9. The van der Waals surface area contributed by atoms with E-state index in [2.05, 4.69) is 10.0 Å². The number of azide groups is 1. The van der Waals surface area contributed by atoms with Crippen LogP contribution in [-0.2, 0) is 33.2 Å². The van der Waals surface area contributed by atoms with Crippen molar-refractivity contribution >= 4 is 10.1 Å². The summed E-state index contributed by atoms with van der Waals surface area (Å²) in [4.78, 5) is 2.81. The molecule has 36 heavy (non-hydrogen) atoms. The van der Waals surface area contributed by atoms with E-state index in [0.29, 0.717) is 19.8 Å². The first kappa shape index (κ1) is 34.3. The van der Waals surface area contributed by atoms with Gasteiger partial charge >= 0.3 is 0 Å². The van der Waals surface area contributed by atoms with E-state index in [1.165, 1.54) is 0 Å².